The maximum absolute atomic E-state index is 14.1. The number of carbonyl (C=O) groups is 4. The molecule has 1 fully saturated rings. The molecular weight excluding hydrogens is 528 g/mol. The number of halogens is 1. The van der Waals surface area contributed by atoms with Crippen LogP contribution in [0.2, 0.25) is 5.02 Å². The van der Waals surface area contributed by atoms with Crippen LogP contribution in [-0.2, 0) is 23.9 Å². The van der Waals surface area contributed by atoms with Gasteiger partial charge in [0.25, 0.3) is 5.91 Å². The summed E-state index contributed by atoms with van der Waals surface area (Å²) < 4.78 is 5.39. The zero-order chi connectivity index (χ0) is 28.0. The Morgan fingerprint density at radius 1 is 0.875 bits per heavy atom. The van der Waals surface area contributed by atoms with Crippen LogP contribution in [0.25, 0.3) is 0 Å². The molecule has 0 aromatic heterocycles. The second-order valence-corrected chi connectivity index (χ2v) is 11.1. The lowest BCUT2D eigenvalue weighted by atomic mass is 9.55. The maximum Gasteiger partial charge on any atom is 0.329 e. The predicted octanol–water partition coefficient (Wildman–Crippen LogP) is 5.27. The van der Waals surface area contributed by atoms with E-state index in [1.807, 2.05) is 55.5 Å². The molecule has 3 aliphatic carbocycles. The monoisotopic (exact) mass is 556 g/mol. The van der Waals surface area contributed by atoms with Crippen LogP contribution in [-0.4, -0.2) is 41.2 Å². The summed E-state index contributed by atoms with van der Waals surface area (Å²) in [4.78, 5) is 55.2. The number of hydrogen-bond acceptors (Lipinski definition) is 5. The van der Waals surface area contributed by atoms with E-state index in [0.717, 1.165) is 33.6 Å². The molecule has 40 heavy (non-hydrogen) atoms. The average Bonchev–Trinajstić information content (AvgIpc) is 3.22. The Labute approximate surface area is 237 Å². The zero-order valence-electron chi connectivity index (χ0n) is 22.0. The van der Waals surface area contributed by atoms with Gasteiger partial charge in [-0.25, -0.2) is 4.79 Å². The molecule has 3 aromatic carbocycles. The number of rotatable bonds is 8. The molecule has 4 aliphatic rings. The first kappa shape index (κ1) is 26.3. The van der Waals surface area contributed by atoms with Crippen molar-refractivity contribution >= 4 is 41.0 Å². The minimum Gasteiger partial charge on any atom is -0.454 e. The number of unbranched alkanes of at least 4 members (excludes halogenated alkanes) is 1. The molecule has 3 atom stereocenters. The minimum absolute atomic E-state index is 0.254. The van der Waals surface area contributed by atoms with Gasteiger partial charge in [0, 0.05) is 22.5 Å². The SMILES string of the molecule is CCCC[C@H](C(=O)OCC(=O)Nc1cccc(Cl)c1)N1C(=O)[C@@H]2C3c4ccccc4C(c4ccccc43)[C@@H]2C1=O. The van der Waals surface area contributed by atoms with E-state index in [2.05, 4.69) is 5.32 Å². The number of hydrogen-bond donors (Lipinski definition) is 1. The largest absolute Gasteiger partial charge is 0.454 e. The van der Waals surface area contributed by atoms with Crippen LogP contribution >= 0.6 is 11.6 Å². The van der Waals surface area contributed by atoms with Crippen molar-refractivity contribution in [3.63, 3.8) is 0 Å². The smallest absolute Gasteiger partial charge is 0.329 e. The van der Waals surface area contributed by atoms with Crippen LogP contribution in [0.4, 0.5) is 5.69 Å². The van der Waals surface area contributed by atoms with Gasteiger partial charge in [-0.2, -0.15) is 0 Å². The molecule has 0 saturated carbocycles. The summed E-state index contributed by atoms with van der Waals surface area (Å²) in [6.45, 7) is 1.43. The van der Waals surface area contributed by atoms with Crippen molar-refractivity contribution in [3.05, 3.63) is 100 Å². The number of nitrogens with one attached hydrogen (secondary N) is 1. The third kappa shape index (κ3) is 4.29. The summed E-state index contributed by atoms with van der Waals surface area (Å²) in [5.41, 5.74) is 4.75. The Morgan fingerprint density at radius 2 is 1.43 bits per heavy atom. The molecule has 0 spiro atoms. The fourth-order valence-corrected chi connectivity index (χ4v) is 6.94. The van der Waals surface area contributed by atoms with Crippen molar-refractivity contribution < 1.29 is 23.9 Å². The molecule has 7 nitrogen and oxygen atoms in total. The molecule has 1 heterocycles. The van der Waals surface area contributed by atoms with Gasteiger partial charge in [-0.05, 0) is 46.9 Å². The van der Waals surface area contributed by atoms with E-state index < -0.39 is 36.4 Å². The van der Waals surface area contributed by atoms with E-state index in [-0.39, 0.29) is 30.1 Å². The maximum atomic E-state index is 14.1. The molecule has 0 radical (unpaired) electrons. The van der Waals surface area contributed by atoms with E-state index in [4.69, 9.17) is 16.3 Å². The van der Waals surface area contributed by atoms with Gasteiger partial charge >= 0.3 is 5.97 Å². The number of benzene rings is 3. The number of esters is 1. The van der Waals surface area contributed by atoms with Crippen LogP contribution in [0.15, 0.2) is 72.8 Å². The van der Waals surface area contributed by atoms with E-state index in [0.29, 0.717) is 17.1 Å². The third-order valence-electron chi connectivity index (χ3n) is 8.35. The highest BCUT2D eigenvalue weighted by Crippen LogP contribution is 2.61. The highest BCUT2D eigenvalue weighted by atomic mass is 35.5. The Hall–Kier alpha value is -3.97. The molecule has 0 unspecified atom stereocenters. The summed E-state index contributed by atoms with van der Waals surface area (Å²) in [6.07, 6.45) is 1.66. The van der Waals surface area contributed by atoms with Crippen molar-refractivity contribution in [2.24, 2.45) is 11.8 Å². The minimum atomic E-state index is -1.09. The Kier molecular flexibility index (Phi) is 6.92. The predicted molar refractivity (Wildman–Crippen MR) is 150 cm³/mol. The fourth-order valence-electron chi connectivity index (χ4n) is 6.75. The van der Waals surface area contributed by atoms with E-state index >= 15 is 0 Å². The van der Waals surface area contributed by atoms with Crippen LogP contribution in [0, 0.1) is 11.8 Å². The third-order valence-corrected chi connectivity index (χ3v) is 8.59. The van der Waals surface area contributed by atoms with E-state index in [1.54, 1.807) is 24.3 Å². The molecule has 8 heteroatoms. The molecule has 2 bridgehead atoms. The van der Waals surface area contributed by atoms with Crippen molar-refractivity contribution in [2.45, 2.75) is 44.1 Å². The number of ether oxygens (including phenoxy) is 1. The summed E-state index contributed by atoms with van der Waals surface area (Å²) in [6, 6.07) is 21.6. The molecule has 7 rings (SSSR count). The lowest BCUT2D eigenvalue weighted by Crippen LogP contribution is -2.47. The van der Waals surface area contributed by atoms with Crippen molar-refractivity contribution in [1.82, 2.24) is 4.90 Å². The number of imide groups is 1. The summed E-state index contributed by atoms with van der Waals surface area (Å²) in [5, 5.41) is 3.10. The molecule has 1 saturated heterocycles. The first-order chi connectivity index (χ1) is 19.4. The average molecular weight is 557 g/mol. The highest BCUT2D eigenvalue weighted by molar-refractivity contribution is 6.30. The van der Waals surface area contributed by atoms with Crippen LogP contribution in [0.1, 0.15) is 60.3 Å². The second kappa shape index (κ2) is 10.5. The molecule has 3 aromatic rings. The van der Waals surface area contributed by atoms with E-state index in [1.165, 1.54) is 0 Å². The van der Waals surface area contributed by atoms with Gasteiger partial charge in [-0.15, -0.1) is 0 Å². The van der Waals surface area contributed by atoms with Crippen molar-refractivity contribution in [3.8, 4) is 0 Å². The first-order valence-corrected chi connectivity index (χ1v) is 14.0. The fraction of sp³-hybridized carbons (Fsp3) is 0.312. The van der Waals surface area contributed by atoms with Crippen LogP contribution in [0.5, 0.6) is 0 Å². The molecule has 1 aliphatic heterocycles. The first-order valence-electron chi connectivity index (χ1n) is 13.7. The second-order valence-electron chi connectivity index (χ2n) is 10.6. The van der Waals surface area contributed by atoms with Crippen molar-refractivity contribution in [1.29, 1.82) is 0 Å². The van der Waals surface area contributed by atoms with E-state index in [9.17, 15) is 19.2 Å². The molecular formula is C32H29ClN2O5. The standard InChI is InChI=1S/C32H29ClN2O5/c1-2-3-15-24(32(39)40-17-25(36)34-19-10-8-9-18(33)16-19)35-30(37)28-26-20-11-4-5-12-21(20)27(29(28)31(35)38)23-14-7-6-13-22(23)26/h4-14,16,24,26-29H,2-3,15,17H2,1H3,(H,34,36)/t24-,26?,27?,28-,29+/m1/s1. The van der Waals surface area contributed by atoms with Gasteiger partial charge in [0.05, 0.1) is 11.8 Å². The van der Waals surface area contributed by atoms with Gasteiger partial charge in [-0.1, -0.05) is 86.0 Å². The Balaban J connectivity index is 1.26. The van der Waals surface area contributed by atoms with Gasteiger partial charge < -0.3 is 10.1 Å². The number of anilines is 1. The lowest BCUT2D eigenvalue weighted by molar-refractivity contribution is -0.160. The summed E-state index contributed by atoms with van der Waals surface area (Å²) >= 11 is 5.98. The van der Waals surface area contributed by atoms with Crippen molar-refractivity contribution in [2.75, 3.05) is 11.9 Å². The summed E-state index contributed by atoms with van der Waals surface area (Å²) in [7, 11) is 0. The van der Waals surface area contributed by atoms with Crippen LogP contribution in [0.3, 0.4) is 0 Å². The topological polar surface area (TPSA) is 92.8 Å². The van der Waals surface area contributed by atoms with Gasteiger partial charge in [0.2, 0.25) is 11.8 Å². The molecule has 204 valence electrons. The molecule has 3 amide bonds. The Bertz CT molecular complexity index is 1400. The summed E-state index contributed by atoms with van der Waals surface area (Å²) in [5.74, 6) is -3.63. The number of likely N-dealkylation sites (tertiary alicyclic amines) is 1. The zero-order valence-corrected chi connectivity index (χ0v) is 22.8. The van der Waals surface area contributed by atoms with Gasteiger partial charge in [-0.3, -0.25) is 19.3 Å². The Morgan fingerprint density at radius 3 is 1.93 bits per heavy atom. The highest BCUT2D eigenvalue weighted by Gasteiger charge is 2.63. The number of carbonyl (C=O) groups excluding carboxylic acids is 4. The number of nitrogens with zero attached hydrogens (tertiary/aromatic N) is 1. The number of amides is 3. The van der Waals surface area contributed by atoms with Gasteiger partial charge in [0.15, 0.2) is 6.61 Å². The lowest BCUT2D eigenvalue weighted by Gasteiger charge is -2.45. The quantitative estimate of drug-likeness (QED) is 0.301. The normalized spacial score (nSPS) is 22.8. The van der Waals surface area contributed by atoms with Gasteiger partial charge in [0.1, 0.15) is 6.04 Å². The molecule has 1 N–H and O–H groups in total. The van der Waals surface area contributed by atoms with Crippen LogP contribution < -0.4 is 5.32 Å².